The van der Waals surface area contributed by atoms with Gasteiger partial charge in [0.15, 0.2) is 0 Å². The number of hydrogen-bond acceptors (Lipinski definition) is 3. The van der Waals surface area contributed by atoms with E-state index in [1.54, 1.807) is 0 Å². The third kappa shape index (κ3) is 1.40. The van der Waals surface area contributed by atoms with Crippen LogP contribution in [0.1, 0.15) is 11.1 Å². The number of nitrogens with one attached hydrogen (secondary N) is 1. The lowest BCUT2D eigenvalue weighted by Crippen LogP contribution is -2.46. The molecule has 2 atom stereocenters. The summed E-state index contributed by atoms with van der Waals surface area (Å²) in [7, 11) is 0. The van der Waals surface area contributed by atoms with Gasteiger partial charge >= 0.3 is 0 Å². The third-order valence-electron chi connectivity index (χ3n) is 2.78. The van der Waals surface area contributed by atoms with Gasteiger partial charge in [-0.2, -0.15) is 0 Å². The number of aldehydes is 1. The smallest absolute Gasteiger partial charge is 0.143 e. The molecular weight excluding hydrogens is 176 g/mol. The van der Waals surface area contributed by atoms with Crippen LogP contribution in [0, 0.1) is 6.92 Å². The second-order valence-corrected chi connectivity index (χ2v) is 3.78. The van der Waals surface area contributed by atoms with Gasteiger partial charge in [-0.15, -0.1) is 0 Å². The van der Waals surface area contributed by atoms with Crippen molar-refractivity contribution in [1.82, 2.24) is 0 Å². The molecule has 3 N–H and O–H groups in total. The van der Waals surface area contributed by atoms with Gasteiger partial charge in [0.05, 0.1) is 6.04 Å². The van der Waals surface area contributed by atoms with E-state index in [0.717, 1.165) is 18.4 Å². The van der Waals surface area contributed by atoms with Crippen molar-refractivity contribution in [3.63, 3.8) is 0 Å². The number of carbonyl (C=O) groups is 1. The fourth-order valence-electron chi connectivity index (χ4n) is 1.89. The maximum atomic E-state index is 10.7. The maximum absolute atomic E-state index is 10.7. The summed E-state index contributed by atoms with van der Waals surface area (Å²) in [5.41, 5.74) is 9.39. The van der Waals surface area contributed by atoms with Crippen LogP contribution in [0.5, 0.6) is 0 Å². The summed E-state index contributed by atoms with van der Waals surface area (Å²) in [5, 5.41) is 3.14. The van der Waals surface area contributed by atoms with Crippen molar-refractivity contribution in [3.05, 3.63) is 29.3 Å². The summed E-state index contributed by atoms with van der Waals surface area (Å²) in [5.74, 6) is 0. The van der Waals surface area contributed by atoms with Crippen molar-refractivity contribution < 1.29 is 4.79 Å². The van der Waals surface area contributed by atoms with Gasteiger partial charge in [0.25, 0.3) is 0 Å². The van der Waals surface area contributed by atoms with Gasteiger partial charge in [0, 0.05) is 11.7 Å². The number of hydrogen-bond donors (Lipinski definition) is 2. The molecular formula is C11H14N2O. The highest BCUT2D eigenvalue weighted by molar-refractivity contribution is 5.70. The van der Waals surface area contributed by atoms with E-state index in [-0.39, 0.29) is 12.1 Å². The van der Waals surface area contributed by atoms with Crippen molar-refractivity contribution >= 4 is 12.0 Å². The van der Waals surface area contributed by atoms with Gasteiger partial charge in [0.2, 0.25) is 0 Å². The molecule has 0 radical (unpaired) electrons. The number of carbonyl (C=O) groups excluding carboxylic acids is 1. The van der Waals surface area contributed by atoms with E-state index in [2.05, 4.69) is 18.3 Å². The van der Waals surface area contributed by atoms with Crippen LogP contribution in [-0.4, -0.2) is 18.4 Å². The molecule has 0 fully saturated rings. The van der Waals surface area contributed by atoms with E-state index in [1.165, 1.54) is 11.1 Å². The highest BCUT2D eigenvalue weighted by Gasteiger charge is 2.25. The molecule has 2 unspecified atom stereocenters. The van der Waals surface area contributed by atoms with Crippen LogP contribution in [-0.2, 0) is 11.2 Å². The largest absolute Gasteiger partial charge is 0.374 e. The predicted molar refractivity (Wildman–Crippen MR) is 56.3 cm³/mol. The number of nitrogens with two attached hydrogens (primary N) is 1. The number of aryl methyl sites for hydroxylation is 1. The lowest BCUT2D eigenvalue weighted by molar-refractivity contribution is -0.108. The van der Waals surface area contributed by atoms with Gasteiger partial charge in [-0.1, -0.05) is 12.1 Å². The zero-order valence-electron chi connectivity index (χ0n) is 8.16. The van der Waals surface area contributed by atoms with Crippen LogP contribution in [0.15, 0.2) is 18.2 Å². The molecule has 3 nitrogen and oxygen atoms in total. The van der Waals surface area contributed by atoms with Gasteiger partial charge in [0.1, 0.15) is 6.29 Å². The first-order valence-corrected chi connectivity index (χ1v) is 4.78. The standard InChI is InChI=1S/C11H14N2O/c1-7-3-2-4-10-8(7)5-9(12)11(6-14)13-10/h2-4,6,9,11,13H,5,12H2,1H3. The third-order valence-corrected chi connectivity index (χ3v) is 2.78. The zero-order valence-corrected chi connectivity index (χ0v) is 8.16. The molecule has 0 aromatic heterocycles. The van der Waals surface area contributed by atoms with Gasteiger partial charge in [-0.25, -0.2) is 0 Å². The molecule has 74 valence electrons. The molecule has 0 spiro atoms. The molecule has 1 aliphatic heterocycles. The Morgan fingerprint density at radius 2 is 2.36 bits per heavy atom. The lowest BCUT2D eigenvalue weighted by Gasteiger charge is -2.29. The molecule has 0 amide bonds. The Morgan fingerprint density at radius 3 is 3.07 bits per heavy atom. The first kappa shape index (κ1) is 9.21. The van der Waals surface area contributed by atoms with Gasteiger partial charge < -0.3 is 15.8 Å². The second-order valence-electron chi connectivity index (χ2n) is 3.78. The van der Waals surface area contributed by atoms with Crippen LogP contribution in [0.3, 0.4) is 0 Å². The summed E-state index contributed by atoms with van der Waals surface area (Å²) in [6, 6.07) is 5.68. The fourth-order valence-corrected chi connectivity index (χ4v) is 1.89. The molecule has 1 heterocycles. The lowest BCUT2D eigenvalue weighted by atomic mass is 9.91. The molecule has 1 aliphatic rings. The molecule has 0 saturated heterocycles. The van der Waals surface area contributed by atoms with Crippen molar-refractivity contribution in [2.24, 2.45) is 5.73 Å². The molecule has 0 bridgehead atoms. The second kappa shape index (κ2) is 3.42. The van der Waals surface area contributed by atoms with Crippen LogP contribution < -0.4 is 11.1 Å². The van der Waals surface area contributed by atoms with Crippen molar-refractivity contribution in [3.8, 4) is 0 Å². The van der Waals surface area contributed by atoms with Crippen molar-refractivity contribution in [1.29, 1.82) is 0 Å². The minimum atomic E-state index is -0.246. The molecule has 0 aliphatic carbocycles. The normalized spacial score (nSPS) is 25.0. The summed E-state index contributed by atoms with van der Waals surface area (Å²) >= 11 is 0. The minimum Gasteiger partial charge on any atom is -0.374 e. The predicted octanol–water partition coefficient (Wildman–Crippen LogP) is 0.858. The molecule has 2 rings (SSSR count). The summed E-state index contributed by atoms with van der Waals surface area (Å²) < 4.78 is 0. The topological polar surface area (TPSA) is 55.1 Å². The fraction of sp³-hybridized carbons (Fsp3) is 0.364. The van der Waals surface area contributed by atoms with Crippen LogP contribution in [0.25, 0.3) is 0 Å². The number of anilines is 1. The average molecular weight is 190 g/mol. The van der Waals surface area contributed by atoms with Crippen LogP contribution in [0.4, 0.5) is 5.69 Å². The number of rotatable bonds is 1. The van der Waals surface area contributed by atoms with Crippen molar-refractivity contribution in [2.75, 3.05) is 5.32 Å². The van der Waals surface area contributed by atoms with E-state index in [9.17, 15) is 4.79 Å². The quantitative estimate of drug-likeness (QED) is 0.646. The van der Waals surface area contributed by atoms with E-state index in [0.29, 0.717) is 0 Å². The number of benzene rings is 1. The SMILES string of the molecule is Cc1cccc2c1CC(N)C(C=O)N2. The van der Waals surface area contributed by atoms with Crippen LogP contribution in [0.2, 0.25) is 0 Å². The highest BCUT2D eigenvalue weighted by Crippen LogP contribution is 2.26. The first-order valence-electron chi connectivity index (χ1n) is 4.78. The van der Waals surface area contributed by atoms with E-state index >= 15 is 0 Å². The average Bonchev–Trinajstić information content (AvgIpc) is 2.19. The Morgan fingerprint density at radius 1 is 1.57 bits per heavy atom. The molecule has 14 heavy (non-hydrogen) atoms. The molecule has 1 aromatic rings. The van der Waals surface area contributed by atoms with E-state index in [1.807, 2.05) is 12.1 Å². The van der Waals surface area contributed by atoms with Crippen LogP contribution >= 0.6 is 0 Å². The summed E-state index contributed by atoms with van der Waals surface area (Å²) in [6.45, 7) is 2.06. The van der Waals surface area contributed by atoms with Crippen molar-refractivity contribution in [2.45, 2.75) is 25.4 Å². The summed E-state index contributed by atoms with van der Waals surface area (Å²) in [6.07, 6.45) is 1.66. The maximum Gasteiger partial charge on any atom is 0.143 e. The molecule has 3 heteroatoms. The Balaban J connectivity index is 2.39. The van der Waals surface area contributed by atoms with Gasteiger partial charge in [-0.05, 0) is 30.5 Å². The van der Waals surface area contributed by atoms with Gasteiger partial charge in [-0.3, -0.25) is 0 Å². The Kier molecular flexibility index (Phi) is 2.25. The minimum absolute atomic E-state index is 0.110. The van der Waals surface area contributed by atoms with E-state index < -0.39 is 0 Å². The molecule has 0 saturated carbocycles. The Labute approximate surface area is 83.3 Å². The Bertz CT molecular complexity index is 362. The first-order chi connectivity index (χ1) is 6.72. The summed E-state index contributed by atoms with van der Waals surface area (Å²) in [4.78, 5) is 10.7. The Hall–Kier alpha value is -1.35. The van der Waals surface area contributed by atoms with E-state index in [4.69, 9.17) is 5.73 Å². The zero-order chi connectivity index (χ0) is 10.1. The number of fused-ring (bicyclic) bond motifs is 1. The molecule has 1 aromatic carbocycles. The monoisotopic (exact) mass is 190 g/mol. The highest BCUT2D eigenvalue weighted by atomic mass is 16.1.